The van der Waals surface area contributed by atoms with Gasteiger partial charge in [-0.25, -0.2) is 0 Å². The normalized spacial score (nSPS) is 25.0. The number of ether oxygens (including phenoxy) is 1. The molecule has 0 N–H and O–H groups in total. The highest BCUT2D eigenvalue weighted by Gasteiger charge is 2.37. The molecule has 1 aromatic carbocycles. The molecule has 3 heterocycles. The fourth-order valence-corrected chi connectivity index (χ4v) is 5.01. The van der Waals surface area contributed by atoms with E-state index in [9.17, 15) is 4.79 Å². The molecule has 2 saturated heterocycles. The molecule has 3 aliphatic rings. The number of benzene rings is 1. The van der Waals surface area contributed by atoms with Crippen molar-refractivity contribution in [1.82, 2.24) is 10.1 Å². The van der Waals surface area contributed by atoms with Crippen molar-refractivity contribution >= 4 is 11.7 Å². The lowest BCUT2D eigenvalue weighted by molar-refractivity contribution is 0.0504. The molecular formula is C22H27N3O3. The van der Waals surface area contributed by atoms with Crippen LogP contribution >= 0.6 is 0 Å². The molecule has 0 radical (unpaired) electrons. The summed E-state index contributed by atoms with van der Waals surface area (Å²) in [5.41, 5.74) is 1.52. The van der Waals surface area contributed by atoms with Gasteiger partial charge in [-0.2, -0.15) is 0 Å². The maximum atomic E-state index is 13.7. The summed E-state index contributed by atoms with van der Waals surface area (Å²) in [7, 11) is 0. The summed E-state index contributed by atoms with van der Waals surface area (Å²) in [6, 6.07) is 9.85. The zero-order valence-electron chi connectivity index (χ0n) is 16.2. The highest BCUT2D eigenvalue weighted by Crippen LogP contribution is 2.38. The van der Waals surface area contributed by atoms with Gasteiger partial charge in [0.2, 0.25) is 0 Å². The minimum Gasteiger partial charge on any atom is -0.378 e. The Hall–Kier alpha value is -2.34. The molecule has 2 aliphatic heterocycles. The van der Waals surface area contributed by atoms with Crippen molar-refractivity contribution in [2.45, 2.75) is 25.7 Å². The third-order valence-corrected chi connectivity index (χ3v) is 6.37. The first-order valence-corrected chi connectivity index (χ1v) is 10.5. The Kier molecular flexibility index (Phi) is 4.81. The first-order chi connectivity index (χ1) is 13.8. The monoisotopic (exact) mass is 381 g/mol. The number of aromatic nitrogens is 1. The van der Waals surface area contributed by atoms with Gasteiger partial charge < -0.3 is 19.1 Å². The van der Waals surface area contributed by atoms with Crippen LogP contribution in [0, 0.1) is 11.8 Å². The highest BCUT2D eigenvalue weighted by molar-refractivity contribution is 6.04. The Bertz CT molecular complexity index is 817. The zero-order chi connectivity index (χ0) is 18.9. The molecule has 2 atom stereocenters. The summed E-state index contributed by atoms with van der Waals surface area (Å²) in [6.07, 6.45) is 5.06. The predicted octanol–water partition coefficient (Wildman–Crippen LogP) is 3.44. The van der Waals surface area contributed by atoms with Crippen molar-refractivity contribution in [2.24, 2.45) is 11.8 Å². The fourth-order valence-electron chi connectivity index (χ4n) is 5.01. The fraction of sp³-hybridized carbons (Fsp3) is 0.545. The quantitative estimate of drug-likeness (QED) is 0.815. The van der Waals surface area contributed by atoms with E-state index in [0.29, 0.717) is 42.2 Å². The van der Waals surface area contributed by atoms with Crippen LogP contribution in [0.1, 0.15) is 36.0 Å². The van der Waals surface area contributed by atoms with Crippen molar-refractivity contribution in [3.05, 3.63) is 35.9 Å². The summed E-state index contributed by atoms with van der Waals surface area (Å²) in [5.74, 6) is 2.61. The number of anilines is 1. The van der Waals surface area contributed by atoms with Gasteiger partial charge in [0.15, 0.2) is 11.6 Å². The van der Waals surface area contributed by atoms with Crippen molar-refractivity contribution < 1.29 is 14.1 Å². The van der Waals surface area contributed by atoms with E-state index in [-0.39, 0.29) is 5.91 Å². The van der Waals surface area contributed by atoms with Crippen molar-refractivity contribution in [3.8, 4) is 11.3 Å². The molecule has 148 valence electrons. The maximum absolute atomic E-state index is 13.7. The smallest absolute Gasteiger partial charge is 0.261 e. The Labute approximate surface area is 165 Å². The second-order valence-electron chi connectivity index (χ2n) is 8.28. The third kappa shape index (κ3) is 3.30. The van der Waals surface area contributed by atoms with Gasteiger partial charge in [0.25, 0.3) is 5.91 Å². The van der Waals surface area contributed by atoms with E-state index in [4.69, 9.17) is 9.26 Å². The number of morpholine rings is 1. The molecule has 0 spiro atoms. The molecule has 6 nitrogen and oxygen atoms in total. The number of piperidine rings is 1. The van der Waals surface area contributed by atoms with Crippen molar-refractivity contribution in [3.63, 3.8) is 0 Å². The maximum Gasteiger partial charge on any atom is 0.261 e. The lowest BCUT2D eigenvalue weighted by atomic mass is 9.78. The average molecular weight is 381 g/mol. The lowest BCUT2D eigenvalue weighted by Crippen LogP contribution is -2.46. The second-order valence-corrected chi connectivity index (χ2v) is 8.28. The standard InChI is InChI=1S/C22H27N3O3/c26-22(25-14-16-5-4-6-17(13-16)15-25)19-20(18-7-2-1-3-8-18)28-23-21(19)24-9-11-27-12-10-24/h1-3,7-8,16-17H,4-6,9-15H2. The highest BCUT2D eigenvalue weighted by atomic mass is 16.5. The molecule has 2 aromatic rings. The zero-order valence-corrected chi connectivity index (χ0v) is 16.2. The Morgan fingerprint density at radius 1 is 1.04 bits per heavy atom. The van der Waals surface area contributed by atoms with E-state index in [1.54, 1.807) is 0 Å². The van der Waals surface area contributed by atoms with E-state index < -0.39 is 0 Å². The SMILES string of the molecule is O=C(c1c(N2CCOCC2)noc1-c1ccccc1)N1CC2CCCC(C2)C1. The van der Waals surface area contributed by atoms with Crippen LogP contribution in [0.4, 0.5) is 5.82 Å². The Morgan fingerprint density at radius 3 is 2.46 bits per heavy atom. The number of nitrogens with zero attached hydrogens (tertiary/aromatic N) is 3. The summed E-state index contributed by atoms with van der Waals surface area (Å²) in [5, 5.41) is 4.35. The topological polar surface area (TPSA) is 58.8 Å². The summed E-state index contributed by atoms with van der Waals surface area (Å²) >= 11 is 0. The van der Waals surface area contributed by atoms with Crippen LogP contribution in [0.2, 0.25) is 0 Å². The number of carbonyl (C=O) groups is 1. The van der Waals surface area contributed by atoms with Gasteiger partial charge in [0.05, 0.1) is 13.2 Å². The Balaban J connectivity index is 1.52. The summed E-state index contributed by atoms with van der Waals surface area (Å²) in [4.78, 5) is 17.9. The first-order valence-electron chi connectivity index (χ1n) is 10.5. The number of amides is 1. The minimum atomic E-state index is 0.0678. The third-order valence-electron chi connectivity index (χ3n) is 6.37. The van der Waals surface area contributed by atoms with E-state index in [1.807, 2.05) is 30.3 Å². The van der Waals surface area contributed by atoms with E-state index >= 15 is 0 Å². The molecule has 28 heavy (non-hydrogen) atoms. The van der Waals surface area contributed by atoms with Crippen LogP contribution in [-0.4, -0.2) is 55.4 Å². The molecule has 5 rings (SSSR count). The molecule has 2 unspecified atom stereocenters. The lowest BCUT2D eigenvalue weighted by Gasteiger charge is -2.41. The summed E-state index contributed by atoms with van der Waals surface area (Å²) < 4.78 is 11.2. The number of hydrogen-bond acceptors (Lipinski definition) is 5. The molecule has 2 bridgehead atoms. The van der Waals surface area contributed by atoms with Crippen molar-refractivity contribution in [1.29, 1.82) is 0 Å². The molecule has 1 saturated carbocycles. The van der Waals surface area contributed by atoms with Gasteiger partial charge >= 0.3 is 0 Å². The average Bonchev–Trinajstić information content (AvgIpc) is 3.19. The number of fused-ring (bicyclic) bond motifs is 2. The van der Waals surface area contributed by atoms with Crippen LogP contribution in [0.25, 0.3) is 11.3 Å². The van der Waals surface area contributed by atoms with Gasteiger partial charge in [0, 0.05) is 31.7 Å². The van der Waals surface area contributed by atoms with Crippen LogP contribution in [0.3, 0.4) is 0 Å². The largest absolute Gasteiger partial charge is 0.378 e. The van der Waals surface area contributed by atoms with Crippen LogP contribution < -0.4 is 4.90 Å². The first kappa shape index (κ1) is 17.7. The molecule has 1 aliphatic carbocycles. The number of hydrogen-bond donors (Lipinski definition) is 0. The molecule has 1 aromatic heterocycles. The number of likely N-dealkylation sites (tertiary alicyclic amines) is 1. The van der Waals surface area contributed by atoms with E-state index in [0.717, 1.165) is 31.7 Å². The van der Waals surface area contributed by atoms with Gasteiger partial charge in [-0.05, 0) is 31.1 Å². The van der Waals surface area contributed by atoms with Crippen LogP contribution in [0.15, 0.2) is 34.9 Å². The summed E-state index contributed by atoms with van der Waals surface area (Å²) in [6.45, 7) is 4.47. The molecular weight excluding hydrogens is 354 g/mol. The van der Waals surface area contributed by atoms with Gasteiger partial charge in [0.1, 0.15) is 5.56 Å². The van der Waals surface area contributed by atoms with Gasteiger partial charge in [-0.3, -0.25) is 4.79 Å². The molecule has 6 heteroatoms. The number of rotatable bonds is 3. The predicted molar refractivity (Wildman–Crippen MR) is 106 cm³/mol. The molecule has 3 fully saturated rings. The van der Waals surface area contributed by atoms with Gasteiger partial charge in [-0.1, -0.05) is 41.9 Å². The number of carbonyl (C=O) groups excluding carboxylic acids is 1. The van der Waals surface area contributed by atoms with Gasteiger partial charge in [-0.15, -0.1) is 0 Å². The Morgan fingerprint density at radius 2 is 1.75 bits per heavy atom. The molecule has 1 amide bonds. The second kappa shape index (κ2) is 7.59. The van der Waals surface area contributed by atoms with Crippen LogP contribution in [0.5, 0.6) is 0 Å². The van der Waals surface area contributed by atoms with E-state index in [2.05, 4.69) is 15.0 Å². The van der Waals surface area contributed by atoms with Crippen LogP contribution in [-0.2, 0) is 4.74 Å². The minimum absolute atomic E-state index is 0.0678. The van der Waals surface area contributed by atoms with E-state index in [1.165, 1.54) is 25.7 Å². The van der Waals surface area contributed by atoms with Crippen molar-refractivity contribution in [2.75, 3.05) is 44.3 Å².